The Morgan fingerprint density at radius 2 is 1.68 bits per heavy atom. The fraction of sp³-hybridized carbons (Fsp3) is 0. The van der Waals surface area contributed by atoms with E-state index in [1.165, 1.54) is 36.5 Å². The number of halogens is 1. The van der Waals surface area contributed by atoms with Crippen LogP contribution in [0.1, 0.15) is 16.1 Å². The number of pyridine rings is 1. The first-order chi connectivity index (χ1) is 13.6. The van der Waals surface area contributed by atoms with E-state index in [2.05, 4.69) is 26.1 Å². The Labute approximate surface area is 160 Å². The van der Waals surface area contributed by atoms with Crippen molar-refractivity contribution in [1.82, 2.24) is 10.4 Å². The van der Waals surface area contributed by atoms with Gasteiger partial charge in [-0.15, -0.1) is 0 Å². The van der Waals surface area contributed by atoms with E-state index in [-0.39, 0.29) is 5.69 Å². The van der Waals surface area contributed by atoms with Gasteiger partial charge in [0.25, 0.3) is 5.91 Å². The summed E-state index contributed by atoms with van der Waals surface area (Å²) in [6.07, 6.45) is 3.05. The number of carbonyl (C=O) groups is 2. The zero-order valence-electron chi connectivity index (χ0n) is 14.6. The number of urea groups is 1. The van der Waals surface area contributed by atoms with Crippen molar-refractivity contribution in [2.75, 3.05) is 10.6 Å². The van der Waals surface area contributed by atoms with Gasteiger partial charge in [0, 0.05) is 17.4 Å². The number of para-hydroxylation sites is 1. The van der Waals surface area contributed by atoms with Gasteiger partial charge in [-0.2, -0.15) is 5.10 Å². The predicted molar refractivity (Wildman–Crippen MR) is 105 cm³/mol. The minimum atomic E-state index is -0.595. The van der Waals surface area contributed by atoms with E-state index in [1.54, 1.807) is 36.5 Å². The van der Waals surface area contributed by atoms with Crippen molar-refractivity contribution in [3.63, 3.8) is 0 Å². The Morgan fingerprint density at radius 3 is 2.39 bits per heavy atom. The number of aromatic nitrogens is 1. The summed E-state index contributed by atoms with van der Waals surface area (Å²) < 4.78 is 13.5. The molecule has 0 aliphatic heterocycles. The number of hydrazone groups is 1. The molecule has 3 amide bonds. The lowest BCUT2D eigenvalue weighted by Crippen LogP contribution is -2.20. The number of carbonyl (C=O) groups excluding carboxylic acids is 2. The Balaban J connectivity index is 1.54. The van der Waals surface area contributed by atoms with Gasteiger partial charge < -0.3 is 10.6 Å². The highest BCUT2D eigenvalue weighted by atomic mass is 19.1. The highest BCUT2D eigenvalue weighted by Crippen LogP contribution is 2.14. The van der Waals surface area contributed by atoms with Crippen LogP contribution >= 0.6 is 0 Å². The van der Waals surface area contributed by atoms with Gasteiger partial charge in [0.15, 0.2) is 0 Å². The van der Waals surface area contributed by atoms with Crippen LogP contribution in [0.15, 0.2) is 78.0 Å². The molecular weight excluding hydrogens is 361 g/mol. The molecule has 0 saturated heterocycles. The fourth-order valence-corrected chi connectivity index (χ4v) is 2.23. The number of nitrogens with one attached hydrogen (secondary N) is 3. The van der Waals surface area contributed by atoms with Gasteiger partial charge in [-0.3, -0.25) is 9.78 Å². The molecule has 3 N–H and O–H groups in total. The van der Waals surface area contributed by atoms with Gasteiger partial charge in [0.2, 0.25) is 0 Å². The summed E-state index contributed by atoms with van der Waals surface area (Å²) in [4.78, 5) is 28.0. The molecule has 0 saturated carbocycles. The smallest absolute Gasteiger partial charge is 0.308 e. The summed E-state index contributed by atoms with van der Waals surface area (Å²) in [5.41, 5.74) is 3.89. The molecule has 28 heavy (non-hydrogen) atoms. The Bertz CT molecular complexity index is 991. The molecule has 1 aromatic heterocycles. The predicted octanol–water partition coefficient (Wildman–Crippen LogP) is 3.63. The molecule has 3 rings (SSSR count). The maximum Gasteiger partial charge on any atom is 0.323 e. The third kappa shape index (κ3) is 5.21. The van der Waals surface area contributed by atoms with Crippen molar-refractivity contribution >= 4 is 29.5 Å². The van der Waals surface area contributed by atoms with E-state index < -0.39 is 17.8 Å². The Hall–Kier alpha value is -4.07. The number of nitrogens with zero attached hydrogens (tertiary/aromatic N) is 2. The second kappa shape index (κ2) is 9.04. The van der Waals surface area contributed by atoms with E-state index in [0.717, 1.165) is 0 Å². The molecule has 0 aliphatic rings. The minimum absolute atomic E-state index is 0.0711. The first-order valence-electron chi connectivity index (χ1n) is 8.29. The largest absolute Gasteiger partial charge is 0.323 e. The first-order valence-corrected chi connectivity index (χ1v) is 8.29. The lowest BCUT2D eigenvalue weighted by molar-refractivity contribution is 0.0955. The Kier molecular flexibility index (Phi) is 6.04. The quantitative estimate of drug-likeness (QED) is 0.468. The van der Waals surface area contributed by atoms with Crippen LogP contribution in [0, 0.1) is 5.82 Å². The van der Waals surface area contributed by atoms with Crippen molar-refractivity contribution < 1.29 is 14.0 Å². The van der Waals surface area contributed by atoms with Crippen LogP contribution in [-0.4, -0.2) is 23.1 Å². The standard InChI is InChI=1S/C20H16FN5O2/c21-17-6-1-2-7-18(17)25-20(28)24-15-10-8-14(9-11-15)19(27)26-23-13-16-5-3-4-12-22-16/h1-13H,(H,26,27)(H2,24,25,28)/b23-13-. The SMILES string of the molecule is O=C(Nc1ccc(C(=O)N/N=C\c2ccccn2)cc1)Nc1ccccc1F. The molecule has 0 atom stereocenters. The van der Waals surface area contributed by atoms with Crippen LogP contribution in [0.3, 0.4) is 0 Å². The zero-order valence-corrected chi connectivity index (χ0v) is 14.6. The molecule has 8 heteroatoms. The maximum atomic E-state index is 13.5. The lowest BCUT2D eigenvalue weighted by Gasteiger charge is -2.08. The number of benzene rings is 2. The molecule has 2 aromatic carbocycles. The van der Waals surface area contributed by atoms with Crippen LogP contribution < -0.4 is 16.1 Å². The number of hydrogen-bond acceptors (Lipinski definition) is 4. The summed E-state index contributed by atoms with van der Waals surface area (Å²) in [7, 11) is 0. The average Bonchev–Trinajstić information content (AvgIpc) is 2.71. The normalized spacial score (nSPS) is 10.5. The zero-order chi connectivity index (χ0) is 19.8. The average molecular weight is 377 g/mol. The third-order valence-corrected chi connectivity index (χ3v) is 3.58. The molecule has 0 bridgehead atoms. The number of rotatable bonds is 5. The van der Waals surface area contributed by atoms with Crippen molar-refractivity contribution in [3.05, 3.63) is 90.0 Å². The molecular formula is C20H16FN5O2. The van der Waals surface area contributed by atoms with E-state index in [1.807, 2.05) is 6.07 Å². The molecule has 0 fully saturated rings. The molecule has 1 heterocycles. The van der Waals surface area contributed by atoms with Crippen molar-refractivity contribution in [1.29, 1.82) is 0 Å². The van der Waals surface area contributed by atoms with Gasteiger partial charge >= 0.3 is 6.03 Å². The van der Waals surface area contributed by atoms with E-state index in [4.69, 9.17) is 0 Å². The van der Waals surface area contributed by atoms with E-state index in [9.17, 15) is 14.0 Å². The Morgan fingerprint density at radius 1 is 0.929 bits per heavy atom. The van der Waals surface area contributed by atoms with Crippen LogP contribution in [0.25, 0.3) is 0 Å². The van der Waals surface area contributed by atoms with Crippen LogP contribution in [0.5, 0.6) is 0 Å². The number of hydrogen-bond donors (Lipinski definition) is 3. The first kappa shape index (κ1) is 18.7. The van der Waals surface area contributed by atoms with Gasteiger partial charge in [-0.1, -0.05) is 18.2 Å². The molecule has 7 nitrogen and oxygen atoms in total. The monoisotopic (exact) mass is 377 g/mol. The summed E-state index contributed by atoms with van der Waals surface area (Å²) in [6.45, 7) is 0. The second-order valence-electron chi connectivity index (χ2n) is 5.59. The molecule has 0 aliphatic carbocycles. The molecule has 0 radical (unpaired) electrons. The summed E-state index contributed by atoms with van der Waals surface area (Å²) >= 11 is 0. The lowest BCUT2D eigenvalue weighted by atomic mass is 10.2. The number of amides is 3. The molecule has 140 valence electrons. The number of anilines is 2. The third-order valence-electron chi connectivity index (χ3n) is 3.58. The van der Waals surface area contributed by atoms with E-state index >= 15 is 0 Å². The van der Waals surface area contributed by atoms with Crippen LogP contribution in [0.4, 0.5) is 20.6 Å². The molecule has 0 spiro atoms. The summed E-state index contributed by atoms with van der Waals surface area (Å²) in [5, 5.41) is 8.81. The van der Waals surface area contributed by atoms with Gasteiger partial charge in [-0.05, 0) is 48.5 Å². The van der Waals surface area contributed by atoms with E-state index in [0.29, 0.717) is 16.9 Å². The highest BCUT2D eigenvalue weighted by Gasteiger charge is 2.08. The van der Waals surface area contributed by atoms with Crippen LogP contribution in [-0.2, 0) is 0 Å². The van der Waals surface area contributed by atoms with Gasteiger partial charge in [0.1, 0.15) is 5.82 Å². The highest BCUT2D eigenvalue weighted by molar-refractivity contribution is 6.00. The second-order valence-corrected chi connectivity index (χ2v) is 5.59. The molecule has 3 aromatic rings. The molecule has 0 unspecified atom stereocenters. The van der Waals surface area contributed by atoms with Crippen molar-refractivity contribution in [2.24, 2.45) is 5.10 Å². The minimum Gasteiger partial charge on any atom is -0.308 e. The van der Waals surface area contributed by atoms with Gasteiger partial charge in [-0.25, -0.2) is 14.6 Å². The van der Waals surface area contributed by atoms with Gasteiger partial charge in [0.05, 0.1) is 17.6 Å². The fourth-order valence-electron chi connectivity index (χ4n) is 2.23. The van der Waals surface area contributed by atoms with Crippen molar-refractivity contribution in [2.45, 2.75) is 0 Å². The van der Waals surface area contributed by atoms with Crippen molar-refractivity contribution in [3.8, 4) is 0 Å². The maximum absolute atomic E-state index is 13.5. The van der Waals surface area contributed by atoms with Crippen LogP contribution in [0.2, 0.25) is 0 Å². The summed E-state index contributed by atoms with van der Waals surface area (Å²) in [5.74, 6) is -0.939. The topological polar surface area (TPSA) is 95.5 Å². The summed E-state index contributed by atoms with van der Waals surface area (Å²) in [6, 6.07) is 16.8.